The maximum atomic E-state index is 13.4. The van der Waals surface area contributed by atoms with Gasteiger partial charge in [0.05, 0.1) is 20.3 Å². The highest BCUT2D eigenvalue weighted by atomic mass is 19.3. The Bertz CT molecular complexity index is 397. The Morgan fingerprint density at radius 2 is 1.65 bits per heavy atom. The Morgan fingerprint density at radius 1 is 1.18 bits per heavy atom. The molecule has 5 heteroatoms. The van der Waals surface area contributed by atoms with Gasteiger partial charge in [0.25, 0.3) is 5.92 Å². The summed E-state index contributed by atoms with van der Waals surface area (Å²) in [7, 11) is 2.78. The molecule has 1 atom stereocenters. The van der Waals surface area contributed by atoms with Crippen LogP contribution in [0.15, 0.2) is 12.1 Å². The average molecular weight is 246 g/mol. The van der Waals surface area contributed by atoms with Crippen molar-refractivity contribution in [3.63, 3.8) is 0 Å². The molecule has 0 spiro atoms. The van der Waals surface area contributed by atoms with Crippen molar-refractivity contribution in [1.29, 1.82) is 0 Å². The van der Waals surface area contributed by atoms with Gasteiger partial charge >= 0.3 is 0 Å². The fraction of sp³-hybridized carbons (Fsp3) is 0.500. The van der Waals surface area contributed by atoms with Gasteiger partial charge in [0, 0.05) is 12.5 Å². The second kappa shape index (κ2) is 4.87. The van der Waals surface area contributed by atoms with Gasteiger partial charge in [0.15, 0.2) is 11.5 Å². The first-order valence-corrected chi connectivity index (χ1v) is 5.13. The molecule has 1 N–H and O–H groups in total. The second-order valence-electron chi connectivity index (χ2n) is 3.86. The fourth-order valence-corrected chi connectivity index (χ4v) is 1.62. The van der Waals surface area contributed by atoms with Crippen LogP contribution in [0.4, 0.5) is 8.78 Å². The van der Waals surface area contributed by atoms with E-state index in [1.165, 1.54) is 33.3 Å². The number of aliphatic hydroxyl groups excluding tert-OH is 1. The number of alkyl halides is 2. The maximum Gasteiger partial charge on any atom is 0.271 e. The summed E-state index contributed by atoms with van der Waals surface area (Å²) in [4.78, 5) is 0. The van der Waals surface area contributed by atoms with Crippen LogP contribution in [0.1, 0.15) is 31.1 Å². The van der Waals surface area contributed by atoms with Gasteiger partial charge in [-0.3, -0.25) is 0 Å². The molecule has 96 valence electrons. The molecule has 0 fully saturated rings. The normalized spacial score (nSPS) is 13.4. The third-order valence-corrected chi connectivity index (χ3v) is 2.48. The van der Waals surface area contributed by atoms with Crippen LogP contribution < -0.4 is 9.47 Å². The maximum absolute atomic E-state index is 13.4. The summed E-state index contributed by atoms with van der Waals surface area (Å²) in [6.45, 7) is 2.20. The van der Waals surface area contributed by atoms with E-state index in [9.17, 15) is 13.9 Å². The zero-order valence-electron chi connectivity index (χ0n) is 10.3. The van der Waals surface area contributed by atoms with Crippen LogP contribution in [0.25, 0.3) is 0 Å². The molecule has 0 aliphatic rings. The number of aliphatic hydroxyl groups is 1. The van der Waals surface area contributed by atoms with Crippen molar-refractivity contribution < 1.29 is 23.4 Å². The van der Waals surface area contributed by atoms with E-state index in [4.69, 9.17) is 9.47 Å². The van der Waals surface area contributed by atoms with E-state index < -0.39 is 12.0 Å². The van der Waals surface area contributed by atoms with E-state index in [1.807, 2.05) is 0 Å². The molecule has 0 bridgehead atoms. The molecule has 0 aliphatic heterocycles. The van der Waals surface area contributed by atoms with Crippen LogP contribution in [-0.4, -0.2) is 19.3 Å². The van der Waals surface area contributed by atoms with Crippen LogP contribution in [0.5, 0.6) is 11.5 Å². The first-order valence-electron chi connectivity index (χ1n) is 5.13. The minimum atomic E-state index is -3.05. The van der Waals surface area contributed by atoms with E-state index in [0.29, 0.717) is 5.75 Å². The number of benzene rings is 1. The molecule has 1 aromatic carbocycles. The van der Waals surface area contributed by atoms with Gasteiger partial charge in [-0.1, -0.05) is 0 Å². The summed E-state index contributed by atoms with van der Waals surface area (Å²) >= 11 is 0. The van der Waals surface area contributed by atoms with Crippen molar-refractivity contribution in [2.45, 2.75) is 25.9 Å². The minimum Gasteiger partial charge on any atom is -0.493 e. The van der Waals surface area contributed by atoms with E-state index in [2.05, 4.69) is 0 Å². The third kappa shape index (κ3) is 2.85. The predicted octanol–water partition coefficient (Wildman–Crippen LogP) is 2.87. The summed E-state index contributed by atoms with van der Waals surface area (Å²) in [5.41, 5.74) is -0.125. The zero-order valence-corrected chi connectivity index (χ0v) is 10.3. The van der Waals surface area contributed by atoms with E-state index in [-0.39, 0.29) is 16.9 Å². The lowest BCUT2D eigenvalue weighted by Crippen LogP contribution is -2.13. The Balaban J connectivity index is 3.46. The first kappa shape index (κ1) is 13.7. The Hall–Kier alpha value is -1.36. The average Bonchev–Trinajstić information content (AvgIpc) is 2.25. The number of rotatable bonds is 4. The summed E-state index contributed by atoms with van der Waals surface area (Å²) in [5, 5.41) is 9.52. The highest BCUT2D eigenvalue weighted by Gasteiger charge is 2.30. The number of hydrogen-bond donors (Lipinski definition) is 1. The Morgan fingerprint density at radius 3 is 2.00 bits per heavy atom. The summed E-state index contributed by atoms with van der Waals surface area (Å²) in [5.74, 6) is -2.52. The second-order valence-corrected chi connectivity index (χ2v) is 3.86. The van der Waals surface area contributed by atoms with E-state index in [1.54, 1.807) is 0 Å². The third-order valence-electron chi connectivity index (χ3n) is 2.48. The van der Waals surface area contributed by atoms with Gasteiger partial charge in [-0.05, 0) is 24.6 Å². The van der Waals surface area contributed by atoms with Crippen LogP contribution in [-0.2, 0) is 5.92 Å². The Labute approximate surface area is 99.0 Å². The molecule has 0 aliphatic carbocycles. The van der Waals surface area contributed by atoms with Crippen LogP contribution >= 0.6 is 0 Å². The molecule has 0 amide bonds. The quantitative estimate of drug-likeness (QED) is 0.887. The fourth-order valence-electron chi connectivity index (χ4n) is 1.62. The van der Waals surface area contributed by atoms with Crippen molar-refractivity contribution in [2.75, 3.05) is 14.2 Å². The standard InChI is InChI=1S/C12H16F2O3/c1-7(15)8-5-10(16-3)11(17-4)6-9(8)12(2,13)14/h5-7,15H,1-4H3. The van der Waals surface area contributed by atoms with Crippen molar-refractivity contribution in [1.82, 2.24) is 0 Å². The van der Waals surface area contributed by atoms with Crippen molar-refractivity contribution in [2.24, 2.45) is 0 Å². The van der Waals surface area contributed by atoms with Gasteiger partial charge in [0.1, 0.15) is 0 Å². The molecule has 1 aromatic rings. The Kier molecular flexibility index (Phi) is 3.93. The number of methoxy groups -OCH3 is 2. The van der Waals surface area contributed by atoms with Crippen molar-refractivity contribution in [3.8, 4) is 11.5 Å². The smallest absolute Gasteiger partial charge is 0.271 e. The molecular formula is C12H16F2O3. The molecule has 0 saturated carbocycles. The van der Waals surface area contributed by atoms with Gasteiger partial charge in [-0.2, -0.15) is 0 Å². The number of halogens is 2. The molecule has 0 saturated heterocycles. The largest absolute Gasteiger partial charge is 0.493 e. The van der Waals surface area contributed by atoms with Crippen LogP contribution in [0.3, 0.4) is 0 Å². The molecule has 1 unspecified atom stereocenters. The first-order chi connectivity index (χ1) is 7.81. The summed E-state index contributed by atoms with van der Waals surface area (Å²) in [6.07, 6.45) is -1.00. The SMILES string of the molecule is COc1cc(C(C)O)c(C(C)(F)F)cc1OC. The monoisotopic (exact) mass is 246 g/mol. The molecular weight excluding hydrogens is 230 g/mol. The van der Waals surface area contributed by atoms with Crippen LogP contribution in [0.2, 0.25) is 0 Å². The highest BCUT2D eigenvalue weighted by Crippen LogP contribution is 2.40. The lowest BCUT2D eigenvalue weighted by Gasteiger charge is -2.20. The van der Waals surface area contributed by atoms with E-state index in [0.717, 1.165) is 6.92 Å². The topological polar surface area (TPSA) is 38.7 Å². The van der Waals surface area contributed by atoms with E-state index >= 15 is 0 Å². The highest BCUT2D eigenvalue weighted by molar-refractivity contribution is 5.49. The molecule has 3 nitrogen and oxygen atoms in total. The molecule has 0 heterocycles. The van der Waals surface area contributed by atoms with Crippen LogP contribution in [0, 0.1) is 0 Å². The van der Waals surface area contributed by atoms with Gasteiger partial charge < -0.3 is 14.6 Å². The number of ether oxygens (including phenoxy) is 2. The molecule has 0 aromatic heterocycles. The molecule has 1 rings (SSSR count). The van der Waals surface area contributed by atoms with Crippen molar-refractivity contribution >= 4 is 0 Å². The molecule has 0 radical (unpaired) electrons. The van der Waals surface area contributed by atoms with Gasteiger partial charge in [-0.15, -0.1) is 0 Å². The van der Waals surface area contributed by atoms with Gasteiger partial charge in [-0.25, -0.2) is 8.78 Å². The molecule has 17 heavy (non-hydrogen) atoms. The summed E-state index contributed by atoms with van der Waals surface area (Å²) in [6, 6.07) is 2.57. The lowest BCUT2D eigenvalue weighted by molar-refractivity contribution is 0.0138. The zero-order chi connectivity index (χ0) is 13.2. The van der Waals surface area contributed by atoms with Gasteiger partial charge in [0.2, 0.25) is 0 Å². The number of hydrogen-bond acceptors (Lipinski definition) is 3. The lowest BCUT2D eigenvalue weighted by atomic mass is 9.98. The predicted molar refractivity (Wildman–Crippen MR) is 59.7 cm³/mol. The minimum absolute atomic E-state index is 0.134. The van der Waals surface area contributed by atoms with Crippen molar-refractivity contribution in [3.05, 3.63) is 23.3 Å². The summed E-state index contributed by atoms with van der Waals surface area (Å²) < 4.78 is 36.8.